The first-order valence-electron chi connectivity index (χ1n) is 5.94. The molecule has 0 aromatic carbocycles. The predicted molar refractivity (Wildman–Crippen MR) is 68.1 cm³/mol. The third-order valence-corrected chi connectivity index (χ3v) is 3.81. The number of aromatic nitrogens is 2. The summed E-state index contributed by atoms with van der Waals surface area (Å²) < 4.78 is 4.33. The summed E-state index contributed by atoms with van der Waals surface area (Å²) in [6.45, 7) is 6.45. The number of rotatable bonds is 4. The Morgan fingerprint density at radius 2 is 2.38 bits per heavy atom. The molecule has 1 fully saturated rings. The second-order valence-electron chi connectivity index (χ2n) is 4.77. The summed E-state index contributed by atoms with van der Waals surface area (Å²) in [6.07, 6.45) is 2.61. The van der Waals surface area contributed by atoms with Crippen LogP contribution in [0.25, 0.3) is 0 Å². The minimum absolute atomic E-state index is 0.418. The highest BCUT2D eigenvalue weighted by atomic mass is 32.1. The average molecular weight is 240 g/mol. The van der Waals surface area contributed by atoms with Gasteiger partial charge in [-0.1, -0.05) is 13.8 Å². The largest absolute Gasteiger partial charge is 0.359 e. The lowest BCUT2D eigenvalue weighted by atomic mass is 10.2. The van der Waals surface area contributed by atoms with Gasteiger partial charge in [0.05, 0.1) is 0 Å². The number of nitrogens with one attached hydrogen (secondary N) is 1. The van der Waals surface area contributed by atoms with Crippen molar-refractivity contribution in [3.8, 4) is 0 Å². The first-order valence-corrected chi connectivity index (χ1v) is 6.72. The maximum Gasteiger partial charge on any atom is 0.202 e. The lowest BCUT2D eigenvalue weighted by Gasteiger charge is -2.19. The van der Waals surface area contributed by atoms with Crippen LogP contribution in [0, 0.1) is 0 Å². The van der Waals surface area contributed by atoms with Crippen LogP contribution in [0.5, 0.6) is 0 Å². The summed E-state index contributed by atoms with van der Waals surface area (Å²) in [5.41, 5.74) is 0. The molecule has 1 aliphatic heterocycles. The van der Waals surface area contributed by atoms with Crippen LogP contribution >= 0.6 is 11.5 Å². The highest BCUT2D eigenvalue weighted by Gasteiger charge is 2.20. The van der Waals surface area contributed by atoms with E-state index in [-0.39, 0.29) is 0 Å². The van der Waals surface area contributed by atoms with E-state index in [4.69, 9.17) is 0 Å². The zero-order chi connectivity index (χ0) is 11.5. The third kappa shape index (κ3) is 2.71. The van der Waals surface area contributed by atoms with E-state index in [1.54, 1.807) is 0 Å². The quantitative estimate of drug-likeness (QED) is 0.875. The van der Waals surface area contributed by atoms with Gasteiger partial charge >= 0.3 is 0 Å². The summed E-state index contributed by atoms with van der Waals surface area (Å²) in [4.78, 5) is 6.89. The molecule has 2 rings (SSSR count). The van der Waals surface area contributed by atoms with E-state index < -0.39 is 0 Å². The van der Waals surface area contributed by atoms with Crippen LogP contribution in [0.2, 0.25) is 0 Å². The van der Waals surface area contributed by atoms with Gasteiger partial charge < -0.3 is 10.2 Å². The van der Waals surface area contributed by atoms with Crippen LogP contribution in [-0.4, -0.2) is 40.4 Å². The standard InChI is InChI=1S/C11H20N4S/c1-8(2)10-13-11(16-14-10)12-7-9-5-4-6-15(9)3/h8-9H,4-7H2,1-3H3,(H,12,13,14). The first-order chi connectivity index (χ1) is 7.66. The van der Waals surface area contributed by atoms with Crippen molar-refractivity contribution in [2.45, 2.75) is 38.6 Å². The van der Waals surface area contributed by atoms with Crippen LogP contribution in [0.1, 0.15) is 38.4 Å². The first kappa shape index (κ1) is 11.8. The molecule has 2 heterocycles. The van der Waals surface area contributed by atoms with Gasteiger partial charge in [-0.25, -0.2) is 4.98 Å². The fourth-order valence-electron chi connectivity index (χ4n) is 1.98. The van der Waals surface area contributed by atoms with Gasteiger partial charge in [0, 0.05) is 30.0 Å². The number of hydrogen-bond acceptors (Lipinski definition) is 5. The smallest absolute Gasteiger partial charge is 0.202 e. The van der Waals surface area contributed by atoms with E-state index in [9.17, 15) is 0 Å². The molecule has 1 atom stereocenters. The van der Waals surface area contributed by atoms with Crippen LogP contribution in [0.3, 0.4) is 0 Å². The third-order valence-electron chi connectivity index (χ3n) is 3.12. The molecule has 1 unspecified atom stereocenters. The Kier molecular flexibility index (Phi) is 3.76. The highest BCUT2D eigenvalue weighted by molar-refractivity contribution is 7.09. The number of nitrogens with zero attached hydrogens (tertiary/aromatic N) is 3. The van der Waals surface area contributed by atoms with Gasteiger partial charge in [0.1, 0.15) is 5.82 Å². The molecule has 1 aliphatic rings. The minimum Gasteiger partial charge on any atom is -0.359 e. The molecule has 1 saturated heterocycles. The Hall–Kier alpha value is -0.680. The number of likely N-dealkylation sites (N-methyl/N-ethyl adjacent to an activating group) is 1. The van der Waals surface area contributed by atoms with E-state index in [2.05, 4.69) is 40.5 Å². The van der Waals surface area contributed by atoms with Crippen LogP contribution < -0.4 is 5.32 Å². The molecular formula is C11H20N4S. The Morgan fingerprint density at radius 1 is 1.56 bits per heavy atom. The van der Waals surface area contributed by atoms with Crippen molar-refractivity contribution in [3.63, 3.8) is 0 Å². The van der Waals surface area contributed by atoms with Crippen molar-refractivity contribution in [2.75, 3.05) is 25.5 Å². The summed E-state index contributed by atoms with van der Waals surface area (Å²) in [6, 6.07) is 0.659. The van der Waals surface area contributed by atoms with Gasteiger partial charge in [-0.15, -0.1) is 0 Å². The van der Waals surface area contributed by atoms with E-state index in [1.807, 2.05) is 0 Å². The predicted octanol–water partition coefficient (Wildman–Crippen LogP) is 2.17. The van der Waals surface area contributed by atoms with Crippen LogP contribution in [0.4, 0.5) is 5.13 Å². The fraction of sp³-hybridized carbons (Fsp3) is 0.818. The summed E-state index contributed by atoms with van der Waals surface area (Å²) >= 11 is 1.47. The molecule has 1 aromatic rings. The Balaban J connectivity index is 1.84. The molecule has 5 heteroatoms. The molecule has 0 spiro atoms. The minimum atomic E-state index is 0.418. The lowest BCUT2D eigenvalue weighted by molar-refractivity contribution is 0.322. The normalized spacial score (nSPS) is 21.9. The van der Waals surface area contributed by atoms with E-state index in [1.165, 1.54) is 30.9 Å². The highest BCUT2D eigenvalue weighted by Crippen LogP contribution is 2.19. The zero-order valence-corrected chi connectivity index (χ0v) is 11.0. The summed E-state index contributed by atoms with van der Waals surface area (Å²) in [5.74, 6) is 1.37. The van der Waals surface area contributed by atoms with E-state index in [0.717, 1.165) is 17.5 Å². The van der Waals surface area contributed by atoms with Crippen molar-refractivity contribution in [1.82, 2.24) is 14.3 Å². The van der Waals surface area contributed by atoms with Crippen molar-refractivity contribution >= 4 is 16.7 Å². The topological polar surface area (TPSA) is 41.1 Å². The van der Waals surface area contributed by atoms with Crippen molar-refractivity contribution < 1.29 is 0 Å². The zero-order valence-electron chi connectivity index (χ0n) is 10.2. The second kappa shape index (κ2) is 5.10. The molecule has 0 bridgehead atoms. The molecule has 4 nitrogen and oxygen atoms in total. The molecule has 0 aliphatic carbocycles. The molecule has 90 valence electrons. The summed E-state index contributed by atoms with van der Waals surface area (Å²) in [7, 11) is 2.19. The molecule has 1 N–H and O–H groups in total. The maximum absolute atomic E-state index is 4.47. The second-order valence-corrected chi connectivity index (χ2v) is 5.52. The Labute approximate surface area is 101 Å². The molecule has 0 radical (unpaired) electrons. The van der Waals surface area contributed by atoms with Crippen molar-refractivity contribution in [1.29, 1.82) is 0 Å². The lowest BCUT2D eigenvalue weighted by Crippen LogP contribution is -2.31. The number of anilines is 1. The Bertz CT molecular complexity index is 336. The molecule has 1 aromatic heterocycles. The Morgan fingerprint density at radius 3 is 2.94 bits per heavy atom. The van der Waals surface area contributed by atoms with Gasteiger partial charge in [0.2, 0.25) is 5.13 Å². The van der Waals surface area contributed by atoms with Gasteiger partial charge in [0.25, 0.3) is 0 Å². The number of likely N-dealkylation sites (tertiary alicyclic amines) is 1. The number of hydrogen-bond donors (Lipinski definition) is 1. The van der Waals surface area contributed by atoms with Crippen LogP contribution in [-0.2, 0) is 0 Å². The van der Waals surface area contributed by atoms with Gasteiger partial charge in [0.15, 0.2) is 0 Å². The van der Waals surface area contributed by atoms with Gasteiger partial charge in [-0.05, 0) is 26.4 Å². The van der Waals surface area contributed by atoms with Crippen molar-refractivity contribution in [3.05, 3.63) is 5.82 Å². The van der Waals surface area contributed by atoms with Crippen molar-refractivity contribution in [2.24, 2.45) is 0 Å². The molecular weight excluding hydrogens is 220 g/mol. The maximum atomic E-state index is 4.47. The average Bonchev–Trinajstić information content (AvgIpc) is 2.83. The monoisotopic (exact) mass is 240 g/mol. The van der Waals surface area contributed by atoms with Crippen LogP contribution in [0.15, 0.2) is 0 Å². The molecule has 16 heavy (non-hydrogen) atoms. The van der Waals surface area contributed by atoms with E-state index in [0.29, 0.717) is 12.0 Å². The van der Waals surface area contributed by atoms with Gasteiger partial charge in [-0.3, -0.25) is 0 Å². The molecule has 0 saturated carbocycles. The van der Waals surface area contributed by atoms with Gasteiger partial charge in [-0.2, -0.15) is 4.37 Å². The summed E-state index contributed by atoms with van der Waals surface area (Å²) in [5, 5.41) is 4.36. The molecule has 0 amide bonds. The SMILES string of the molecule is CC(C)c1nsc(NCC2CCCN2C)n1. The fourth-order valence-corrected chi connectivity index (χ4v) is 2.70. The van der Waals surface area contributed by atoms with E-state index >= 15 is 0 Å².